The fourth-order valence-corrected chi connectivity index (χ4v) is 3.17. The fraction of sp³-hybridized carbons (Fsp3) is 0.474. The Balaban J connectivity index is 1.48. The van der Waals surface area contributed by atoms with E-state index in [0.29, 0.717) is 5.69 Å². The topological polar surface area (TPSA) is 86.1 Å². The Bertz CT molecular complexity index is 826. The summed E-state index contributed by atoms with van der Waals surface area (Å²) in [5.41, 5.74) is 1.33. The van der Waals surface area contributed by atoms with E-state index in [1.165, 1.54) is 10.7 Å². The van der Waals surface area contributed by atoms with Crippen LogP contribution < -0.4 is 15.6 Å². The van der Waals surface area contributed by atoms with Crippen molar-refractivity contribution >= 4 is 5.91 Å². The van der Waals surface area contributed by atoms with Crippen LogP contribution in [0.4, 0.5) is 0 Å². The summed E-state index contributed by atoms with van der Waals surface area (Å²) in [6.45, 7) is 3.67. The second-order valence-electron chi connectivity index (χ2n) is 6.72. The number of rotatable bonds is 5. The van der Waals surface area contributed by atoms with Crippen molar-refractivity contribution in [3.05, 3.63) is 52.2 Å². The van der Waals surface area contributed by atoms with Crippen LogP contribution in [0.3, 0.4) is 0 Å². The Kier molecular flexibility index (Phi) is 5.65. The molecule has 1 N–H and O–H groups in total. The third-order valence-corrected chi connectivity index (χ3v) is 4.58. The number of aryl methyl sites for hydroxylation is 2. The zero-order valence-corrected chi connectivity index (χ0v) is 15.1. The number of ether oxygens (including phenoxy) is 1. The van der Waals surface area contributed by atoms with Gasteiger partial charge in [-0.2, -0.15) is 5.10 Å². The molecular weight excluding hydrogens is 332 g/mol. The summed E-state index contributed by atoms with van der Waals surface area (Å²) >= 11 is 0. The maximum atomic E-state index is 12.2. The van der Waals surface area contributed by atoms with Gasteiger partial charge in [-0.25, -0.2) is 4.68 Å². The molecule has 1 amide bonds. The largest absolute Gasteiger partial charge is 0.489 e. The maximum absolute atomic E-state index is 12.2. The number of hydrogen-bond acceptors (Lipinski definition) is 5. The highest BCUT2D eigenvalue weighted by molar-refractivity contribution is 5.75. The van der Waals surface area contributed by atoms with Gasteiger partial charge < -0.3 is 10.1 Å². The molecule has 2 aromatic heterocycles. The quantitative estimate of drug-likeness (QED) is 0.882. The van der Waals surface area contributed by atoms with Crippen molar-refractivity contribution in [1.29, 1.82) is 0 Å². The Hall–Kier alpha value is -2.70. The minimum absolute atomic E-state index is 0.0498. The van der Waals surface area contributed by atoms with E-state index in [0.717, 1.165) is 37.1 Å². The highest BCUT2D eigenvalue weighted by Gasteiger charge is 2.24. The van der Waals surface area contributed by atoms with E-state index in [1.807, 2.05) is 19.1 Å². The highest BCUT2D eigenvalue weighted by Crippen LogP contribution is 2.25. The van der Waals surface area contributed by atoms with Gasteiger partial charge in [-0.15, -0.1) is 0 Å². The van der Waals surface area contributed by atoms with Crippen molar-refractivity contribution in [2.75, 3.05) is 0 Å². The van der Waals surface area contributed by atoms with Crippen LogP contribution in [0.5, 0.6) is 5.75 Å². The van der Waals surface area contributed by atoms with Gasteiger partial charge in [0.1, 0.15) is 12.3 Å². The number of nitrogens with zero attached hydrogens (tertiary/aromatic N) is 3. The van der Waals surface area contributed by atoms with Crippen LogP contribution in [0.2, 0.25) is 0 Å². The van der Waals surface area contributed by atoms with Crippen molar-refractivity contribution in [1.82, 2.24) is 20.1 Å². The summed E-state index contributed by atoms with van der Waals surface area (Å²) in [6.07, 6.45) is 5.36. The second kappa shape index (κ2) is 8.12. The Morgan fingerprint density at radius 1 is 1.23 bits per heavy atom. The number of hydrogen-bond donors (Lipinski definition) is 1. The number of carbonyl (C=O) groups is 1. The van der Waals surface area contributed by atoms with Gasteiger partial charge in [-0.05, 0) is 57.7 Å². The van der Waals surface area contributed by atoms with E-state index in [4.69, 9.17) is 4.74 Å². The molecule has 1 fully saturated rings. The summed E-state index contributed by atoms with van der Waals surface area (Å²) in [4.78, 5) is 28.2. The molecule has 1 aliphatic carbocycles. The van der Waals surface area contributed by atoms with Crippen LogP contribution >= 0.6 is 0 Å². The first-order valence-electron chi connectivity index (χ1n) is 8.93. The lowest BCUT2D eigenvalue weighted by molar-refractivity contribution is -0.123. The van der Waals surface area contributed by atoms with E-state index in [1.54, 1.807) is 19.2 Å². The lowest BCUT2D eigenvalue weighted by atomic mass is 9.93. The van der Waals surface area contributed by atoms with Crippen LogP contribution in [0.25, 0.3) is 0 Å². The molecule has 7 nitrogen and oxygen atoms in total. The first kappa shape index (κ1) is 18.1. The number of pyridine rings is 1. The maximum Gasteiger partial charge on any atom is 0.267 e. The molecule has 2 aromatic rings. The van der Waals surface area contributed by atoms with Crippen molar-refractivity contribution in [2.45, 2.75) is 58.2 Å². The van der Waals surface area contributed by atoms with Gasteiger partial charge >= 0.3 is 0 Å². The summed E-state index contributed by atoms with van der Waals surface area (Å²) in [7, 11) is 0. The standard InChI is InChI=1S/C19H24N4O3/c1-13-5-10-19(25)23(22-13)12-18(24)21-15-6-8-16(9-7-15)26-17-4-3-11-20-14(17)2/h3-5,10-11,15-16H,6-9,12H2,1-2H3,(H,21,24). The molecule has 0 atom stereocenters. The Labute approximate surface area is 152 Å². The Morgan fingerprint density at radius 3 is 2.73 bits per heavy atom. The van der Waals surface area contributed by atoms with E-state index in [-0.39, 0.29) is 30.2 Å². The summed E-state index contributed by atoms with van der Waals surface area (Å²) in [5, 5.41) is 7.09. The predicted octanol–water partition coefficient (Wildman–Crippen LogP) is 1.76. The highest BCUT2D eigenvalue weighted by atomic mass is 16.5. The molecule has 0 radical (unpaired) electrons. The van der Waals surface area contributed by atoms with Crippen molar-refractivity contribution in [3.63, 3.8) is 0 Å². The van der Waals surface area contributed by atoms with Gasteiger partial charge in [-0.3, -0.25) is 14.6 Å². The molecule has 0 aromatic carbocycles. The predicted molar refractivity (Wildman–Crippen MR) is 97.0 cm³/mol. The van der Waals surface area contributed by atoms with Gasteiger partial charge in [0, 0.05) is 18.3 Å². The number of nitrogens with one attached hydrogen (secondary N) is 1. The molecule has 26 heavy (non-hydrogen) atoms. The third kappa shape index (κ3) is 4.68. The van der Waals surface area contributed by atoms with Gasteiger partial charge in [0.2, 0.25) is 5.91 Å². The average molecular weight is 356 g/mol. The summed E-state index contributed by atoms with van der Waals surface area (Å²) in [6, 6.07) is 6.98. The lowest BCUT2D eigenvalue weighted by Crippen LogP contribution is -2.42. The van der Waals surface area contributed by atoms with Gasteiger partial charge in [0.05, 0.1) is 17.5 Å². The van der Waals surface area contributed by atoms with E-state index in [2.05, 4.69) is 15.4 Å². The smallest absolute Gasteiger partial charge is 0.267 e. The van der Waals surface area contributed by atoms with Crippen molar-refractivity contribution < 1.29 is 9.53 Å². The van der Waals surface area contributed by atoms with E-state index >= 15 is 0 Å². The molecule has 7 heteroatoms. The van der Waals surface area contributed by atoms with Crippen LogP contribution in [-0.4, -0.2) is 32.8 Å². The average Bonchev–Trinajstić information content (AvgIpc) is 2.62. The van der Waals surface area contributed by atoms with Crippen LogP contribution in [-0.2, 0) is 11.3 Å². The van der Waals surface area contributed by atoms with Crippen molar-refractivity contribution in [2.24, 2.45) is 0 Å². The molecule has 0 bridgehead atoms. The minimum atomic E-state index is -0.269. The summed E-state index contributed by atoms with van der Waals surface area (Å²) < 4.78 is 7.23. The second-order valence-corrected chi connectivity index (χ2v) is 6.72. The van der Waals surface area contributed by atoms with Gasteiger partial charge in [0.15, 0.2) is 0 Å². The fourth-order valence-electron chi connectivity index (χ4n) is 3.17. The minimum Gasteiger partial charge on any atom is -0.489 e. The molecule has 0 spiro atoms. The van der Waals surface area contributed by atoms with E-state index < -0.39 is 0 Å². The SMILES string of the molecule is Cc1ccc(=O)n(CC(=O)NC2CCC(Oc3cccnc3C)CC2)n1. The Morgan fingerprint density at radius 2 is 2.00 bits per heavy atom. The normalized spacial score (nSPS) is 19.8. The zero-order valence-electron chi connectivity index (χ0n) is 15.1. The lowest BCUT2D eigenvalue weighted by Gasteiger charge is -2.29. The first-order valence-corrected chi connectivity index (χ1v) is 8.93. The van der Waals surface area contributed by atoms with Crippen molar-refractivity contribution in [3.8, 4) is 5.75 Å². The molecule has 2 heterocycles. The molecule has 0 unspecified atom stereocenters. The monoisotopic (exact) mass is 356 g/mol. The zero-order chi connectivity index (χ0) is 18.5. The molecular formula is C19H24N4O3. The van der Waals surface area contributed by atoms with Crippen LogP contribution in [0.15, 0.2) is 35.3 Å². The molecule has 0 saturated heterocycles. The molecule has 1 aliphatic rings. The van der Waals surface area contributed by atoms with Gasteiger partial charge in [0.25, 0.3) is 5.56 Å². The first-order chi connectivity index (χ1) is 12.5. The number of aromatic nitrogens is 3. The van der Waals surface area contributed by atoms with E-state index in [9.17, 15) is 9.59 Å². The molecule has 3 rings (SSSR count). The van der Waals surface area contributed by atoms with Crippen LogP contribution in [0, 0.1) is 13.8 Å². The van der Waals surface area contributed by atoms with Crippen LogP contribution in [0.1, 0.15) is 37.1 Å². The van der Waals surface area contributed by atoms with Gasteiger partial charge in [-0.1, -0.05) is 0 Å². The summed E-state index contributed by atoms with van der Waals surface area (Å²) in [5.74, 6) is 0.641. The molecule has 1 saturated carbocycles. The molecule has 138 valence electrons. The number of amides is 1. The number of carbonyl (C=O) groups excluding carboxylic acids is 1. The third-order valence-electron chi connectivity index (χ3n) is 4.58. The molecule has 0 aliphatic heterocycles.